The summed E-state index contributed by atoms with van der Waals surface area (Å²) < 4.78 is 10.6. The van der Waals surface area contributed by atoms with Crippen LogP contribution in [-0.2, 0) is 21.5 Å². The standard InChI is InChI=1S/C16H23NO3/c1-5-20-15(18)16(17-11(2)3)9-8-12-6-7-13(19-4)10-14(12)16/h6-7,10-11,17H,5,8-9H2,1-4H3. The number of fused-ring (bicyclic) bond motifs is 1. The zero-order valence-corrected chi connectivity index (χ0v) is 12.7. The Morgan fingerprint density at radius 1 is 1.45 bits per heavy atom. The molecule has 0 spiro atoms. The highest BCUT2D eigenvalue weighted by Gasteiger charge is 2.47. The topological polar surface area (TPSA) is 47.6 Å². The van der Waals surface area contributed by atoms with Crippen LogP contribution in [0.25, 0.3) is 0 Å². The van der Waals surface area contributed by atoms with Gasteiger partial charge in [0, 0.05) is 6.04 Å². The summed E-state index contributed by atoms with van der Waals surface area (Å²) in [4.78, 5) is 12.5. The molecule has 0 heterocycles. The van der Waals surface area contributed by atoms with Crippen LogP contribution in [0, 0.1) is 0 Å². The highest BCUT2D eigenvalue weighted by Crippen LogP contribution is 2.40. The third-order valence-electron chi connectivity index (χ3n) is 3.71. The van der Waals surface area contributed by atoms with E-state index in [1.54, 1.807) is 7.11 Å². The van der Waals surface area contributed by atoms with Crippen molar-refractivity contribution in [2.24, 2.45) is 0 Å². The van der Waals surface area contributed by atoms with Crippen molar-refractivity contribution in [2.45, 2.75) is 45.2 Å². The Morgan fingerprint density at radius 2 is 2.20 bits per heavy atom. The van der Waals surface area contributed by atoms with Crippen molar-refractivity contribution in [3.63, 3.8) is 0 Å². The maximum absolute atomic E-state index is 12.5. The predicted molar refractivity (Wildman–Crippen MR) is 77.9 cm³/mol. The van der Waals surface area contributed by atoms with Crippen LogP contribution in [0.15, 0.2) is 18.2 Å². The number of benzene rings is 1. The van der Waals surface area contributed by atoms with Crippen LogP contribution in [0.5, 0.6) is 5.75 Å². The molecule has 0 aliphatic heterocycles. The van der Waals surface area contributed by atoms with Gasteiger partial charge >= 0.3 is 5.97 Å². The molecule has 0 amide bonds. The lowest BCUT2D eigenvalue weighted by Gasteiger charge is -2.31. The third-order valence-corrected chi connectivity index (χ3v) is 3.71. The Hall–Kier alpha value is -1.55. The molecule has 1 aromatic carbocycles. The fraction of sp³-hybridized carbons (Fsp3) is 0.562. The van der Waals surface area contributed by atoms with Gasteiger partial charge in [-0.2, -0.15) is 0 Å². The highest BCUT2D eigenvalue weighted by molar-refractivity contribution is 5.84. The first kappa shape index (κ1) is 14.9. The molecule has 0 saturated carbocycles. The van der Waals surface area contributed by atoms with Crippen molar-refractivity contribution in [2.75, 3.05) is 13.7 Å². The lowest BCUT2D eigenvalue weighted by atomic mass is 9.90. The molecule has 20 heavy (non-hydrogen) atoms. The number of hydrogen-bond donors (Lipinski definition) is 1. The van der Waals surface area contributed by atoms with Crippen molar-refractivity contribution >= 4 is 5.97 Å². The number of methoxy groups -OCH3 is 1. The highest BCUT2D eigenvalue weighted by atomic mass is 16.5. The number of carbonyl (C=O) groups excluding carboxylic acids is 1. The quantitative estimate of drug-likeness (QED) is 0.840. The summed E-state index contributed by atoms with van der Waals surface area (Å²) >= 11 is 0. The van der Waals surface area contributed by atoms with Crippen molar-refractivity contribution < 1.29 is 14.3 Å². The maximum Gasteiger partial charge on any atom is 0.331 e. The number of nitrogens with one attached hydrogen (secondary N) is 1. The normalized spacial score (nSPS) is 20.9. The number of rotatable bonds is 5. The fourth-order valence-electron chi connectivity index (χ4n) is 2.92. The molecule has 0 aromatic heterocycles. The minimum Gasteiger partial charge on any atom is -0.497 e. The molecule has 1 N–H and O–H groups in total. The van der Waals surface area contributed by atoms with Crippen molar-refractivity contribution in [3.8, 4) is 5.75 Å². The smallest absolute Gasteiger partial charge is 0.331 e. The van der Waals surface area contributed by atoms with Crippen molar-refractivity contribution in [1.82, 2.24) is 5.32 Å². The first-order valence-electron chi connectivity index (χ1n) is 7.15. The number of esters is 1. The molecule has 1 aliphatic rings. The van der Waals surface area contributed by atoms with Crippen molar-refractivity contribution in [3.05, 3.63) is 29.3 Å². The van der Waals surface area contributed by atoms with E-state index >= 15 is 0 Å². The van der Waals surface area contributed by atoms with E-state index in [4.69, 9.17) is 9.47 Å². The van der Waals surface area contributed by atoms with Gasteiger partial charge in [0.1, 0.15) is 11.3 Å². The van der Waals surface area contributed by atoms with Gasteiger partial charge < -0.3 is 9.47 Å². The molecule has 0 fully saturated rings. The van der Waals surface area contributed by atoms with Crippen LogP contribution in [0.3, 0.4) is 0 Å². The predicted octanol–water partition coefficient (Wildman–Crippen LogP) is 2.40. The Balaban J connectivity index is 2.47. The molecule has 1 unspecified atom stereocenters. The molecule has 110 valence electrons. The lowest BCUT2D eigenvalue weighted by Crippen LogP contribution is -2.51. The molecule has 2 rings (SSSR count). The van der Waals surface area contributed by atoms with E-state index < -0.39 is 5.54 Å². The van der Waals surface area contributed by atoms with Gasteiger partial charge in [0.05, 0.1) is 13.7 Å². The van der Waals surface area contributed by atoms with Crippen LogP contribution in [-0.4, -0.2) is 25.7 Å². The van der Waals surface area contributed by atoms with Gasteiger partial charge in [0.15, 0.2) is 0 Å². The van der Waals surface area contributed by atoms with Gasteiger partial charge in [0.2, 0.25) is 0 Å². The Labute approximate surface area is 120 Å². The SMILES string of the molecule is CCOC(=O)C1(NC(C)C)CCc2ccc(OC)cc21. The van der Waals surface area contributed by atoms with Gasteiger partial charge in [-0.25, -0.2) is 4.79 Å². The van der Waals surface area contributed by atoms with Crippen LogP contribution >= 0.6 is 0 Å². The molecule has 1 aliphatic carbocycles. The molecule has 4 heteroatoms. The summed E-state index contributed by atoms with van der Waals surface area (Å²) in [6, 6.07) is 6.12. The second-order valence-corrected chi connectivity index (χ2v) is 5.45. The average molecular weight is 277 g/mol. The van der Waals surface area contributed by atoms with Crippen LogP contribution < -0.4 is 10.1 Å². The van der Waals surface area contributed by atoms with Crippen molar-refractivity contribution in [1.29, 1.82) is 0 Å². The monoisotopic (exact) mass is 277 g/mol. The first-order chi connectivity index (χ1) is 9.53. The van der Waals surface area contributed by atoms with E-state index in [1.807, 2.05) is 39.0 Å². The van der Waals surface area contributed by atoms with Gasteiger partial charge in [-0.3, -0.25) is 5.32 Å². The maximum atomic E-state index is 12.5. The van der Waals surface area contributed by atoms with Gasteiger partial charge in [0.25, 0.3) is 0 Å². The van der Waals surface area contributed by atoms with Gasteiger partial charge in [-0.05, 0) is 56.9 Å². The Bertz CT molecular complexity index is 498. The average Bonchev–Trinajstić information content (AvgIpc) is 2.78. The summed E-state index contributed by atoms with van der Waals surface area (Å²) in [5, 5.41) is 3.42. The Morgan fingerprint density at radius 3 is 2.80 bits per heavy atom. The molecule has 1 atom stereocenters. The zero-order valence-electron chi connectivity index (χ0n) is 12.7. The molecule has 4 nitrogen and oxygen atoms in total. The molecular formula is C16H23NO3. The second kappa shape index (κ2) is 5.83. The van der Waals surface area contributed by atoms with Crippen LogP contribution in [0.2, 0.25) is 0 Å². The third kappa shape index (κ3) is 2.52. The second-order valence-electron chi connectivity index (χ2n) is 5.45. The van der Waals surface area contributed by atoms with Gasteiger partial charge in [-0.15, -0.1) is 0 Å². The minimum atomic E-state index is -0.742. The minimum absolute atomic E-state index is 0.191. The fourth-order valence-corrected chi connectivity index (χ4v) is 2.92. The summed E-state index contributed by atoms with van der Waals surface area (Å²) in [6.45, 7) is 6.31. The van der Waals surface area contributed by atoms with Gasteiger partial charge in [-0.1, -0.05) is 6.07 Å². The molecule has 1 aromatic rings. The Kier molecular flexibility index (Phi) is 4.33. The summed E-state index contributed by atoms with van der Waals surface area (Å²) in [5.74, 6) is 0.575. The first-order valence-corrected chi connectivity index (χ1v) is 7.15. The number of aryl methyl sites for hydroxylation is 1. The van der Waals surface area contributed by atoms with E-state index in [0.717, 1.165) is 24.2 Å². The summed E-state index contributed by atoms with van der Waals surface area (Å²) in [6.07, 6.45) is 1.60. The van der Waals surface area contributed by atoms with E-state index in [1.165, 1.54) is 5.56 Å². The largest absolute Gasteiger partial charge is 0.497 e. The lowest BCUT2D eigenvalue weighted by molar-refractivity contribution is -0.152. The van der Waals surface area contributed by atoms with E-state index in [-0.39, 0.29) is 12.0 Å². The number of carbonyl (C=O) groups is 1. The number of ether oxygens (including phenoxy) is 2. The summed E-state index contributed by atoms with van der Waals surface area (Å²) in [5.41, 5.74) is 1.43. The van der Waals surface area contributed by atoms with Crippen LogP contribution in [0.1, 0.15) is 38.3 Å². The van der Waals surface area contributed by atoms with Crippen LogP contribution in [0.4, 0.5) is 0 Å². The molecule has 0 radical (unpaired) electrons. The molecule has 0 bridgehead atoms. The zero-order chi connectivity index (χ0) is 14.8. The number of hydrogen-bond acceptors (Lipinski definition) is 4. The summed E-state index contributed by atoms with van der Waals surface area (Å²) in [7, 11) is 1.64. The van der Waals surface area contributed by atoms with E-state index in [9.17, 15) is 4.79 Å². The van der Waals surface area contributed by atoms with E-state index in [0.29, 0.717) is 6.61 Å². The molecular weight excluding hydrogens is 254 g/mol. The molecule has 0 saturated heterocycles. The van der Waals surface area contributed by atoms with E-state index in [2.05, 4.69) is 5.32 Å².